The van der Waals surface area contributed by atoms with Crippen molar-refractivity contribution in [3.05, 3.63) is 17.6 Å². The lowest BCUT2D eigenvalue weighted by Gasteiger charge is -2.28. The van der Waals surface area contributed by atoms with E-state index in [1.54, 1.807) is 6.33 Å². The van der Waals surface area contributed by atoms with E-state index >= 15 is 0 Å². The Bertz CT molecular complexity index is 358. The van der Waals surface area contributed by atoms with Crippen LogP contribution in [0.3, 0.4) is 0 Å². The van der Waals surface area contributed by atoms with E-state index in [0.29, 0.717) is 6.04 Å². The molecule has 80 valence electrons. The number of aryl methyl sites for hydroxylation is 1. The summed E-state index contributed by atoms with van der Waals surface area (Å²) in [5.41, 5.74) is 2.66. The normalized spacial score (nSPS) is 20.5. The highest BCUT2D eigenvalue weighted by Crippen LogP contribution is 2.28. The molecule has 1 aromatic rings. The highest BCUT2D eigenvalue weighted by molar-refractivity contribution is 5.47. The van der Waals surface area contributed by atoms with Gasteiger partial charge in [0.2, 0.25) is 0 Å². The van der Waals surface area contributed by atoms with Crippen LogP contribution in [0.15, 0.2) is 6.33 Å². The van der Waals surface area contributed by atoms with Crippen molar-refractivity contribution in [1.82, 2.24) is 9.97 Å². The summed E-state index contributed by atoms with van der Waals surface area (Å²) in [7, 11) is 0. The molecule has 2 aliphatic rings. The molecular formula is C12H17N3. The molecule has 0 unspecified atom stereocenters. The van der Waals surface area contributed by atoms with Crippen LogP contribution in [0.25, 0.3) is 0 Å². The van der Waals surface area contributed by atoms with Crippen LogP contribution in [-0.2, 0) is 12.8 Å². The van der Waals surface area contributed by atoms with Gasteiger partial charge in [-0.05, 0) is 44.9 Å². The average molecular weight is 203 g/mol. The Balaban J connectivity index is 1.85. The molecule has 0 spiro atoms. The molecule has 2 aliphatic carbocycles. The number of rotatable bonds is 2. The number of fused-ring (bicyclic) bond motifs is 1. The minimum absolute atomic E-state index is 0.672. The van der Waals surface area contributed by atoms with Gasteiger partial charge in [-0.25, -0.2) is 9.97 Å². The van der Waals surface area contributed by atoms with Crippen LogP contribution >= 0.6 is 0 Å². The summed E-state index contributed by atoms with van der Waals surface area (Å²) < 4.78 is 0. The summed E-state index contributed by atoms with van der Waals surface area (Å²) in [4.78, 5) is 8.77. The van der Waals surface area contributed by atoms with Crippen molar-refractivity contribution in [1.29, 1.82) is 0 Å². The molecule has 0 amide bonds. The van der Waals surface area contributed by atoms with E-state index in [9.17, 15) is 0 Å². The van der Waals surface area contributed by atoms with E-state index in [1.807, 2.05) is 0 Å². The Morgan fingerprint density at radius 2 is 1.93 bits per heavy atom. The van der Waals surface area contributed by atoms with Crippen molar-refractivity contribution < 1.29 is 0 Å². The van der Waals surface area contributed by atoms with Gasteiger partial charge in [-0.3, -0.25) is 0 Å². The van der Waals surface area contributed by atoms with Crippen molar-refractivity contribution in [2.45, 2.75) is 51.0 Å². The Kier molecular flexibility index (Phi) is 2.31. The van der Waals surface area contributed by atoms with Crippen LogP contribution < -0.4 is 5.32 Å². The molecule has 0 radical (unpaired) electrons. The topological polar surface area (TPSA) is 37.8 Å². The zero-order valence-corrected chi connectivity index (χ0v) is 9.00. The molecule has 3 rings (SSSR count). The first-order chi connectivity index (χ1) is 7.43. The number of hydrogen-bond donors (Lipinski definition) is 1. The Labute approximate surface area is 90.3 Å². The highest BCUT2D eigenvalue weighted by Gasteiger charge is 2.21. The first-order valence-electron chi connectivity index (χ1n) is 6.03. The van der Waals surface area contributed by atoms with Crippen LogP contribution in [0.5, 0.6) is 0 Å². The van der Waals surface area contributed by atoms with E-state index in [2.05, 4.69) is 15.3 Å². The van der Waals surface area contributed by atoms with Gasteiger partial charge in [-0.15, -0.1) is 0 Å². The molecular weight excluding hydrogens is 186 g/mol. The summed E-state index contributed by atoms with van der Waals surface area (Å²) in [6.45, 7) is 0. The van der Waals surface area contributed by atoms with E-state index in [4.69, 9.17) is 0 Å². The fourth-order valence-corrected chi connectivity index (χ4v) is 2.39. The number of hydrogen-bond acceptors (Lipinski definition) is 3. The first kappa shape index (κ1) is 9.13. The zero-order valence-electron chi connectivity index (χ0n) is 9.00. The number of nitrogens with zero attached hydrogens (tertiary/aromatic N) is 2. The van der Waals surface area contributed by atoms with Gasteiger partial charge >= 0.3 is 0 Å². The maximum absolute atomic E-state index is 4.39. The largest absolute Gasteiger partial charge is 0.367 e. The molecule has 0 atom stereocenters. The van der Waals surface area contributed by atoms with Gasteiger partial charge in [-0.1, -0.05) is 0 Å². The minimum atomic E-state index is 0.672. The standard InChI is InChI=1S/C12H17N3/c1-2-7-11-10(6-1)12(14-8-13-11)15-9-4-3-5-9/h8-9H,1-7H2,(H,13,14,15). The van der Waals surface area contributed by atoms with Crippen molar-refractivity contribution in [2.24, 2.45) is 0 Å². The summed E-state index contributed by atoms with van der Waals surface area (Å²) in [6, 6.07) is 0.672. The summed E-state index contributed by atoms with van der Waals surface area (Å²) >= 11 is 0. The van der Waals surface area contributed by atoms with Crippen molar-refractivity contribution in [3.63, 3.8) is 0 Å². The molecule has 3 heteroatoms. The third kappa shape index (κ3) is 1.71. The Morgan fingerprint density at radius 1 is 1.07 bits per heavy atom. The lowest BCUT2D eigenvalue weighted by Crippen LogP contribution is -2.28. The first-order valence-corrected chi connectivity index (χ1v) is 6.03. The molecule has 0 aromatic carbocycles. The smallest absolute Gasteiger partial charge is 0.133 e. The van der Waals surface area contributed by atoms with Gasteiger partial charge in [0, 0.05) is 17.3 Å². The van der Waals surface area contributed by atoms with Gasteiger partial charge in [0.25, 0.3) is 0 Å². The predicted octanol–water partition coefficient (Wildman–Crippen LogP) is 2.32. The van der Waals surface area contributed by atoms with Gasteiger partial charge in [0.15, 0.2) is 0 Å². The van der Waals surface area contributed by atoms with Gasteiger partial charge < -0.3 is 5.32 Å². The lowest BCUT2D eigenvalue weighted by molar-refractivity contribution is 0.443. The molecule has 1 heterocycles. The van der Waals surface area contributed by atoms with Crippen LogP contribution in [0.2, 0.25) is 0 Å². The third-order valence-electron chi connectivity index (χ3n) is 3.57. The van der Waals surface area contributed by atoms with Crippen molar-refractivity contribution >= 4 is 5.82 Å². The molecule has 1 N–H and O–H groups in total. The fraction of sp³-hybridized carbons (Fsp3) is 0.667. The molecule has 0 bridgehead atoms. The van der Waals surface area contributed by atoms with Crippen LogP contribution in [0, 0.1) is 0 Å². The van der Waals surface area contributed by atoms with E-state index < -0.39 is 0 Å². The molecule has 15 heavy (non-hydrogen) atoms. The third-order valence-corrected chi connectivity index (χ3v) is 3.57. The van der Waals surface area contributed by atoms with Crippen molar-refractivity contribution in [3.8, 4) is 0 Å². The minimum Gasteiger partial charge on any atom is -0.367 e. The number of anilines is 1. The van der Waals surface area contributed by atoms with Gasteiger partial charge in [0.05, 0.1) is 0 Å². The van der Waals surface area contributed by atoms with E-state index in [-0.39, 0.29) is 0 Å². The second kappa shape index (κ2) is 3.80. The summed E-state index contributed by atoms with van der Waals surface area (Å²) in [5.74, 6) is 1.12. The van der Waals surface area contributed by atoms with E-state index in [1.165, 1.54) is 43.4 Å². The average Bonchev–Trinajstić information content (AvgIpc) is 2.23. The summed E-state index contributed by atoms with van der Waals surface area (Å²) in [6.07, 6.45) is 10.6. The van der Waals surface area contributed by atoms with Crippen LogP contribution in [0.1, 0.15) is 43.4 Å². The molecule has 0 saturated heterocycles. The van der Waals surface area contributed by atoms with E-state index in [0.717, 1.165) is 18.7 Å². The fourth-order valence-electron chi connectivity index (χ4n) is 2.39. The monoisotopic (exact) mass is 203 g/mol. The maximum Gasteiger partial charge on any atom is 0.133 e. The van der Waals surface area contributed by atoms with Crippen molar-refractivity contribution in [2.75, 3.05) is 5.32 Å². The molecule has 0 aliphatic heterocycles. The van der Waals surface area contributed by atoms with Crippen LogP contribution in [-0.4, -0.2) is 16.0 Å². The van der Waals surface area contributed by atoms with Gasteiger partial charge in [0.1, 0.15) is 12.1 Å². The molecule has 1 aromatic heterocycles. The quantitative estimate of drug-likeness (QED) is 0.801. The predicted molar refractivity (Wildman–Crippen MR) is 59.9 cm³/mol. The molecule has 1 saturated carbocycles. The second-order valence-electron chi connectivity index (χ2n) is 4.63. The second-order valence-corrected chi connectivity index (χ2v) is 4.63. The lowest BCUT2D eigenvalue weighted by atomic mass is 9.92. The Morgan fingerprint density at radius 3 is 2.73 bits per heavy atom. The zero-order chi connectivity index (χ0) is 10.1. The van der Waals surface area contributed by atoms with Gasteiger partial charge in [-0.2, -0.15) is 0 Å². The SMILES string of the molecule is c1nc2c(c(NC3CCC3)n1)CCCC2. The highest BCUT2D eigenvalue weighted by atomic mass is 15.0. The number of nitrogens with one attached hydrogen (secondary N) is 1. The van der Waals surface area contributed by atoms with Crippen LogP contribution in [0.4, 0.5) is 5.82 Å². The summed E-state index contributed by atoms with van der Waals surface area (Å²) in [5, 5.41) is 3.56. The number of aromatic nitrogens is 2. The molecule has 1 fully saturated rings. The molecule has 3 nitrogen and oxygen atoms in total. The maximum atomic E-state index is 4.39. The Hall–Kier alpha value is -1.12.